The van der Waals surface area contributed by atoms with Gasteiger partial charge in [0.15, 0.2) is 11.6 Å². The maximum atomic E-state index is 14.0. The van der Waals surface area contributed by atoms with Crippen molar-refractivity contribution in [2.24, 2.45) is 5.73 Å². The summed E-state index contributed by atoms with van der Waals surface area (Å²) in [7, 11) is 0. The van der Waals surface area contributed by atoms with Crippen LogP contribution in [0.5, 0.6) is 0 Å². The lowest BCUT2D eigenvalue weighted by Gasteiger charge is -2.34. The molecule has 1 aliphatic rings. The molecule has 0 bridgehead atoms. The van der Waals surface area contributed by atoms with Gasteiger partial charge in [-0.3, -0.25) is 0 Å². The molecule has 1 heterocycles. The number of nitrogens with two attached hydrogens (primary N) is 1. The average Bonchev–Trinajstić information content (AvgIpc) is 2.39. The minimum absolute atomic E-state index is 0.132. The molecular formula is C14H19F2NS2. The Bertz CT molecular complexity index is 467. The normalized spacial score (nSPS) is 29.3. The molecular weight excluding hydrogens is 284 g/mol. The molecule has 1 aliphatic heterocycles. The third kappa shape index (κ3) is 3.09. The topological polar surface area (TPSA) is 26.0 Å². The third-order valence-corrected chi connectivity index (χ3v) is 7.15. The van der Waals surface area contributed by atoms with Crippen LogP contribution in [0.15, 0.2) is 12.1 Å². The van der Waals surface area contributed by atoms with Crippen LogP contribution >= 0.6 is 23.5 Å². The first-order valence-corrected chi connectivity index (χ1v) is 8.38. The van der Waals surface area contributed by atoms with Gasteiger partial charge in [0.05, 0.1) is 0 Å². The van der Waals surface area contributed by atoms with E-state index < -0.39 is 17.7 Å². The number of rotatable bonds is 2. The van der Waals surface area contributed by atoms with Gasteiger partial charge in [-0.2, -0.15) is 23.5 Å². The zero-order chi connectivity index (χ0) is 14.2. The Labute approximate surface area is 121 Å². The Hall–Kier alpha value is -0.260. The summed E-state index contributed by atoms with van der Waals surface area (Å²) in [5.74, 6) is -0.682. The van der Waals surface area contributed by atoms with Crippen molar-refractivity contribution in [1.82, 2.24) is 0 Å². The molecule has 2 N–H and O–H groups in total. The van der Waals surface area contributed by atoms with Crippen molar-refractivity contribution in [1.29, 1.82) is 0 Å². The quantitative estimate of drug-likeness (QED) is 0.897. The number of halogens is 2. The number of hydrogen-bond donors (Lipinski definition) is 1. The van der Waals surface area contributed by atoms with Crippen LogP contribution in [0.4, 0.5) is 8.78 Å². The lowest BCUT2D eigenvalue weighted by molar-refractivity contribution is 0.483. The Kier molecular flexibility index (Phi) is 4.79. The fourth-order valence-electron chi connectivity index (χ4n) is 2.11. The molecule has 0 aliphatic carbocycles. The van der Waals surface area contributed by atoms with Crippen LogP contribution < -0.4 is 5.73 Å². The average molecular weight is 303 g/mol. The van der Waals surface area contributed by atoms with Gasteiger partial charge < -0.3 is 5.73 Å². The standard InChI is InChI=1S/C14H19F2NS2/c1-7-4-5-10(13(16)12(7)15)14(17)11-6-18-8(2)9(3)19-11/h4-5,8-9,11,14H,6,17H2,1-3H3. The van der Waals surface area contributed by atoms with Crippen LogP contribution in [0.3, 0.4) is 0 Å². The van der Waals surface area contributed by atoms with E-state index in [1.165, 1.54) is 0 Å². The first-order chi connectivity index (χ1) is 8.91. The number of aryl methyl sites for hydroxylation is 1. The van der Waals surface area contributed by atoms with Crippen molar-refractivity contribution in [3.63, 3.8) is 0 Å². The highest BCUT2D eigenvalue weighted by molar-refractivity contribution is 8.07. The van der Waals surface area contributed by atoms with Crippen LogP contribution in [0, 0.1) is 18.6 Å². The zero-order valence-corrected chi connectivity index (χ0v) is 13.0. The monoisotopic (exact) mass is 303 g/mol. The first-order valence-electron chi connectivity index (χ1n) is 6.39. The Morgan fingerprint density at radius 1 is 1.21 bits per heavy atom. The maximum absolute atomic E-state index is 14.0. The van der Waals surface area contributed by atoms with Crippen molar-refractivity contribution >= 4 is 23.5 Å². The molecule has 0 spiro atoms. The summed E-state index contributed by atoms with van der Waals surface area (Å²) in [6.45, 7) is 5.91. The van der Waals surface area contributed by atoms with E-state index in [0.29, 0.717) is 21.6 Å². The van der Waals surface area contributed by atoms with E-state index in [0.717, 1.165) is 5.75 Å². The van der Waals surface area contributed by atoms with Crippen LogP contribution in [0.2, 0.25) is 0 Å². The van der Waals surface area contributed by atoms with Gasteiger partial charge in [-0.1, -0.05) is 26.0 Å². The SMILES string of the molecule is Cc1ccc(C(N)C2CSC(C)C(C)S2)c(F)c1F. The number of benzene rings is 1. The van der Waals surface area contributed by atoms with E-state index >= 15 is 0 Å². The minimum Gasteiger partial charge on any atom is -0.323 e. The molecule has 4 unspecified atom stereocenters. The van der Waals surface area contributed by atoms with Crippen LogP contribution in [-0.4, -0.2) is 21.5 Å². The van der Waals surface area contributed by atoms with Crippen molar-refractivity contribution in [2.45, 2.75) is 42.6 Å². The molecule has 19 heavy (non-hydrogen) atoms. The van der Waals surface area contributed by atoms with Crippen molar-refractivity contribution in [2.75, 3.05) is 5.75 Å². The maximum Gasteiger partial charge on any atom is 0.163 e. The largest absolute Gasteiger partial charge is 0.323 e. The van der Waals surface area contributed by atoms with E-state index in [9.17, 15) is 8.78 Å². The lowest BCUT2D eigenvalue weighted by Crippen LogP contribution is -2.34. The molecule has 5 heteroatoms. The fourth-order valence-corrected chi connectivity index (χ4v) is 5.15. The molecule has 0 aromatic heterocycles. The number of thioether (sulfide) groups is 2. The number of hydrogen-bond acceptors (Lipinski definition) is 3. The second kappa shape index (κ2) is 6.02. The minimum atomic E-state index is -0.788. The predicted molar refractivity (Wildman–Crippen MR) is 80.8 cm³/mol. The molecule has 1 nitrogen and oxygen atoms in total. The van der Waals surface area contributed by atoms with E-state index in [4.69, 9.17) is 5.73 Å². The highest BCUT2D eigenvalue weighted by Crippen LogP contribution is 2.40. The van der Waals surface area contributed by atoms with Gasteiger partial charge in [-0.15, -0.1) is 0 Å². The second-order valence-electron chi connectivity index (χ2n) is 5.04. The molecule has 1 saturated heterocycles. The van der Waals surface area contributed by atoms with E-state index in [1.807, 2.05) is 11.8 Å². The molecule has 0 amide bonds. The zero-order valence-electron chi connectivity index (χ0n) is 11.3. The smallest absolute Gasteiger partial charge is 0.163 e. The van der Waals surface area contributed by atoms with Gasteiger partial charge in [0.2, 0.25) is 0 Å². The molecule has 0 saturated carbocycles. The van der Waals surface area contributed by atoms with Crippen molar-refractivity contribution < 1.29 is 8.78 Å². The Balaban J connectivity index is 2.20. The molecule has 1 aromatic carbocycles. The van der Waals surface area contributed by atoms with Gasteiger partial charge >= 0.3 is 0 Å². The van der Waals surface area contributed by atoms with Gasteiger partial charge in [0, 0.05) is 33.1 Å². The Morgan fingerprint density at radius 2 is 1.89 bits per heavy atom. The van der Waals surface area contributed by atoms with Gasteiger partial charge in [0.1, 0.15) is 0 Å². The fraction of sp³-hybridized carbons (Fsp3) is 0.571. The third-order valence-electron chi connectivity index (χ3n) is 3.64. The molecule has 1 fully saturated rings. The molecule has 106 valence electrons. The molecule has 4 atom stereocenters. The molecule has 0 radical (unpaired) electrons. The van der Waals surface area contributed by atoms with Crippen LogP contribution in [-0.2, 0) is 0 Å². The lowest BCUT2D eigenvalue weighted by atomic mass is 10.0. The van der Waals surface area contributed by atoms with Gasteiger partial charge in [-0.05, 0) is 12.5 Å². The summed E-state index contributed by atoms with van der Waals surface area (Å²) in [6, 6.07) is 2.76. The summed E-state index contributed by atoms with van der Waals surface area (Å²) in [4.78, 5) is 0. The van der Waals surface area contributed by atoms with Gasteiger partial charge in [0.25, 0.3) is 0 Å². The second-order valence-corrected chi connectivity index (χ2v) is 8.08. The van der Waals surface area contributed by atoms with E-state index in [1.54, 1.807) is 30.8 Å². The van der Waals surface area contributed by atoms with Crippen LogP contribution in [0.1, 0.15) is 31.0 Å². The summed E-state index contributed by atoms with van der Waals surface area (Å²) in [6.07, 6.45) is 0. The predicted octanol–water partition coefficient (Wildman–Crippen LogP) is 3.90. The summed E-state index contributed by atoms with van der Waals surface area (Å²) < 4.78 is 27.6. The van der Waals surface area contributed by atoms with Crippen LogP contribution in [0.25, 0.3) is 0 Å². The summed E-state index contributed by atoms with van der Waals surface area (Å²) in [5.41, 5.74) is 6.77. The van der Waals surface area contributed by atoms with E-state index in [-0.39, 0.29) is 5.25 Å². The highest BCUT2D eigenvalue weighted by Gasteiger charge is 2.32. The highest BCUT2D eigenvalue weighted by atomic mass is 32.2. The Morgan fingerprint density at radius 3 is 2.53 bits per heavy atom. The van der Waals surface area contributed by atoms with Crippen molar-refractivity contribution in [3.05, 3.63) is 34.9 Å². The van der Waals surface area contributed by atoms with Gasteiger partial charge in [-0.25, -0.2) is 8.78 Å². The molecule has 1 aromatic rings. The summed E-state index contributed by atoms with van der Waals surface area (Å²) in [5, 5.41) is 1.19. The first kappa shape index (κ1) is 15.1. The summed E-state index contributed by atoms with van der Waals surface area (Å²) >= 11 is 3.63. The van der Waals surface area contributed by atoms with Crippen molar-refractivity contribution in [3.8, 4) is 0 Å². The molecule has 2 rings (SSSR count). The van der Waals surface area contributed by atoms with E-state index in [2.05, 4.69) is 13.8 Å².